The average Bonchev–Trinajstić information content (AvgIpc) is 2.78. The maximum absolute atomic E-state index is 3.64. The molecule has 1 aromatic carbocycles. The third-order valence-electron chi connectivity index (χ3n) is 3.71. The first-order chi connectivity index (χ1) is 9.17. The van der Waals surface area contributed by atoms with E-state index >= 15 is 0 Å². The van der Waals surface area contributed by atoms with Crippen molar-refractivity contribution in [2.45, 2.75) is 19.4 Å². The van der Waals surface area contributed by atoms with Gasteiger partial charge in [-0.05, 0) is 51.8 Å². The van der Waals surface area contributed by atoms with Crippen LogP contribution in [0.4, 0.5) is 0 Å². The highest BCUT2D eigenvalue weighted by Gasteiger charge is 2.27. The largest absolute Gasteiger partial charge is 0.298 e. The van der Waals surface area contributed by atoms with Crippen LogP contribution in [0.2, 0.25) is 0 Å². The fourth-order valence-corrected chi connectivity index (χ4v) is 4.76. The minimum Gasteiger partial charge on any atom is -0.298 e. The standard InChI is InChI=1S/C15H15Br2NS/c1-2-18-8-13(10-3-5-11(16)6-4-10)12-7-15(17)19-14(12)9-18/h3-7,13H,2,8-9H2,1H3. The summed E-state index contributed by atoms with van der Waals surface area (Å²) in [6.45, 7) is 5.57. The number of hydrogen-bond donors (Lipinski definition) is 0. The number of halogens is 2. The zero-order valence-electron chi connectivity index (χ0n) is 10.7. The van der Waals surface area contributed by atoms with Crippen LogP contribution in [0.1, 0.15) is 28.8 Å². The molecule has 0 N–H and O–H groups in total. The number of rotatable bonds is 2. The molecule has 0 amide bonds. The van der Waals surface area contributed by atoms with Gasteiger partial charge < -0.3 is 0 Å². The minimum atomic E-state index is 0.499. The normalized spacial score (nSPS) is 19.4. The maximum Gasteiger partial charge on any atom is 0.0704 e. The van der Waals surface area contributed by atoms with Crippen LogP contribution >= 0.6 is 43.2 Å². The van der Waals surface area contributed by atoms with Gasteiger partial charge in [0.25, 0.3) is 0 Å². The predicted molar refractivity (Wildman–Crippen MR) is 89.0 cm³/mol. The summed E-state index contributed by atoms with van der Waals surface area (Å²) in [6, 6.07) is 11.1. The van der Waals surface area contributed by atoms with Crippen molar-refractivity contribution in [3.05, 3.63) is 54.6 Å². The van der Waals surface area contributed by atoms with Gasteiger partial charge in [0.2, 0.25) is 0 Å². The van der Waals surface area contributed by atoms with Crippen LogP contribution < -0.4 is 0 Å². The zero-order valence-corrected chi connectivity index (χ0v) is 14.7. The molecular formula is C15H15Br2NS. The van der Waals surface area contributed by atoms with Gasteiger partial charge in [-0.15, -0.1) is 11.3 Å². The Balaban J connectivity index is 2.02. The molecule has 0 bridgehead atoms. The molecule has 3 rings (SSSR count). The van der Waals surface area contributed by atoms with Crippen LogP contribution in [0.5, 0.6) is 0 Å². The molecule has 2 heterocycles. The van der Waals surface area contributed by atoms with Gasteiger partial charge in [0.1, 0.15) is 0 Å². The number of likely N-dealkylation sites (N-methyl/N-ethyl adjacent to an activating group) is 1. The van der Waals surface area contributed by atoms with Gasteiger partial charge in [-0.2, -0.15) is 0 Å². The van der Waals surface area contributed by atoms with E-state index in [2.05, 4.69) is 74.0 Å². The molecule has 1 aliphatic rings. The summed E-state index contributed by atoms with van der Waals surface area (Å²) in [5, 5.41) is 0. The molecule has 0 saturated carbocycles. The Morgan fingerprint density at radius 2 is 2.00 bits per heavy atom. The smallest absolute Gasteiger partial charge is 0.0704 e. The van der Waals surface area contributed by atoms with Crippen LogP contribution in [0.15, 0.2) is 38.6 Å². The fourth-order valence-electron chi connectivity index (χ4n) is 2.67. The molecule has 1 aromatic heterocycles. The van der Waals surface area contributed by atoms with E-state index in [1.807, 2.05) is 11.3 Å². The quantitative estimate of drug-likeness (QED) is 0.666. The summed E-state index contributed by atoms with van der Waals surface area (Å²) >= 11 is 9.03. The Morgan fingerprint density at radius 3 is 2.68 bits per heavy atom. The van der Waals surface area contributed by atoms with E-state index in [1.54, 1.807) is 0 Å². The molecule has 1 atom stereocenters. The lowest BCUT2D eigenvalue weighted by molar-refractivity contribution is 0.257. The summed E-state index contributed by atoms with van der Waals surface area (Å²) in [6.07, 6.45) is 0. The van der Waals surface area contributed by atoms with Crippen molar-refractivity contribution in [2.24, 2.45) is 0 Å². The summed E-state index contributed by atoms with van der Waals surface area (Å²) in [7, 11) is 0. The van der Waals surface area contributed by atoms with E-state index in [9.17, 15) is 0 Å². The zero-order chi connectivity index (χ0) is 13.4. The van der Waals surface area contributed by atoms with Crippen LogP contribution in [-0.4, -0.2) is 18.0 Å². The molecule has 1 aliphatic heterocycles. The Hall–Kier alpha value is -0.160. The first-order valence-corrected chi connectivity index (χ1v) is 8.83. The number of thiophene rings is 1. The lowest BCUT2D eigenvalue weighted by Gasteiger charge is -2.32. The second-order valence-electron chi connectivity index (χ2n) is 4.86. The van der Waals surface area contributed by atoms with Crippen molar-refractivity contribution >= 4 is 43.2 Å². The molecule has 100 valence electrons. The summed E-state index contributed by atoms with van der Waals surface area (Å²) in [5.74, 6) is 0.499. The van der Waals surface area contributed by atoms with Crippen molar-refractivity contribution in [3.8, 4) is 0 Å². The molecule has 0 radical (unpaired) electrons. The topological polar surface area (TPSA) is 3.24 Å². The van der Waals surface area contributed by atoms with E-state index in [1.165, 1.54) is 19.8 Å². The SMILES string of the molecule is CCN1Cc2sc(Br)cc2C(c2ccc(Br)cc2)C1. The van der Waals surface area contributed by atoms with Gasteiger partial charge in [-0.1, -0.05) is 35.0 Å². The van der Waals surface area contributed by atoms with Crippen LogP contribution in [-0.2, 0) is 6.54 Å². The minimum absolute atomic E-state index is 0.499. The third-order valence-corrected chi connectivity index (χ3v) is 5.88. The highest BCUT2D eigenvalue weighted by molar-refractivity contribution is 9.11. The van der Waals surface area contributed by atoms with Crippen molar-refractivity contribution in [3.63, 3.8) is 0 Å². The van der Waals surface area contributed by atoms with Gasteiger partial charge in [0, 0.05) is 28.4 Å². The molecule has 0 spiro atoms. The molecule has 0 aliphatic carbocycles. The van der Waals surface area contributed by atoms with Gasteiger partial charge in [-0.3, -0.25) is 4.90 Å². The maximum atomic E-state index is 3.64. The number of nitrogens with zero attached hydrogens (tertiary/aromatic N) is 1. The Kier molecular flexibility index (Phi) is 4.13. The first-order valence-electron chi connectivity index (χ1n) is 6.43. The van der Waals surface area contributed by atoms with E-state index < -0.39 is 0 Å². The van der Waals surface area contributed by atoms with Gasteiger partial charge >= 0.3 is 0 Å². The first kappa shape index (κ1) is 13.8. The van der Waals surface area contributed by atoms with Crippen LogP contribution in [0.25, 0.3) is 0 Å². The van der Waals surface area contributed by atoms with Crippen LogP contribution in [0, 0.1) is 0 Å². The Bertz CT molecular complexity index is 576. The highest BCUT2D eigenvalue weighted by Crippen LogP contribution is 2.40. The second kappa shape index (κ2) is 5.68. The van der Waals surface area contributed by atoms with Crippen molar-refractivity contribution in [2.75, 3.05) is 13.1 Å². The molecule has 1 nitrogen and oxygen atoms in total. The van der Waals surface area contributed by atoms with Gasteiger partial charge in [0.15, 0.2) is 0 Å². The monoisotopic (exact) mass is 399 g/mol. The summed E-state index contributed by atoms with van der Waals surface area (Å²) in [5.41, 5.74) is 2.91. The summed E-state index contributed by atoms with van der Waals surface area (Å²) in [4.78, 5) is 4.03. The Labute approximate surface area is 134 Å². The predicted octanol–water partition coefficient (Wildman–Crippen LogP) is 5.24. The third kappa shape index (κ3) is 2.82. The van der Waals surface area contributed by atoms with Gasteiger partial charge in [0.05, 0.1) is 3.79 Å². The number of hydrogen-bond acceptors (Lipinski definition) is 2. The highest BCUT2D eigenvalue weighted by atomic mass is 79.9. The van der Waals surface area contributed by atoms with Crippen molar-refractivity contribution in [1.82, 2.24) is 4.90 Å². The van der Waals surface area contributed by atoms with E-state index in [0.717, 1.165) is 24.1 Å². The van der Waals surface area contributed by atoms with Crippen molar-refractivity contribution < 1.29 is 0 Å². The number of benzene rings is 1. The van der Waals surface area contributed by atoms with E-state index in [0.29, 0.717) is 5.92 Å². The molecule has 4 heteroatoms. The number of fused-ring (bicyclic) bond motifs is 1. The van der Waals surface area contributed by atoms with Crippen LogP contribution in [0.3, 0.4) is 0 Å². The lowest BCUT2D eigenvalue weighted by atomic mass is 9.88. The van der Waals surface area contributed by atoms with Gasteiger partial charge in [-0.25, -0.2) is 0 Å². The molecule has 0 fully saturated rings. The average molecular weight is 401 g/mol. The molecular weight excluding hydrogens is 386 g/mol. The van der Waals surface area contributed by atoms with Crippen molar-refractivity contribution in [1.29, 1.82) is 0 Å². The fraction of sp³-hybridized carbons (Fsp3) is 0.333. The summed E-state index contributed by atoms with van der Waals surface area (Å²) < 4.78 is 2.39. The molecule has 2 aromatic rings. The van der Waals surface area contributed by atoms with E-state index in [4.69, 9.17) is 0 Å². The second-order valence-corrected chi connectivity index (χ2v) is 8.29. The molecule has 19 heavy (non-hydrogen) atoms. The Morgan fingerprint density at radius 1 is 1.26 bits per heavy atom. The molecule has 1 unspecified atom stereocenters. The lowest BCUT2D eigenvalue weighted by Crippen LogP contribution is -2.32. The van der Waals surface area contributed by atoms with E-state index in [-0.39, 0.29) is 0 Å². The molecule has 0 saturated heterocycles.